The first-order valence-electron chi connectivity index (χ1n) is 11.3. The summed E-state index contributed by atoms with van der Waals surface area (Å²) in [5.41, 5.74) is 4.05. The number of hydrogen-bond acceptors (Lipinski definition) is 3. The molecule has 1 aromatic heterocycles. The second-order valence-corrected chi connectivity index (χ2v) is 8.57. The smallest absolute Gasteiger partial charge is 0.270 e. The van der Waals surface area contributed by atoms with E-state index in [1.807, 2.05) is 97.9 Å². The van der Waals surface area contributed by atoms with Crippen LogP contribution in [0.5, 0.6) is 0 Å². The second kappa shape index (κ2) is 9.16. The molecule has 0 N–H and O–H groups in total. The van der Waals surface area contributed by atoms with E-state index in [2.05, 4.69) is 11.1 Å². The van der Waals surface area contributed by atoms with Crippen molar-refractivity contribution < 1.29 is 9.59 Å². The number of benzene rings is 3. The number of carbonyl (C=O) groups excluding carboxylic acids is 2. The van der Waals surface area contributed by atoms with Crippen LogP contribution in [0.4, 0.5) is 11.4 Å². The summed E-state index contributed by atoms with van der Waals surface area (Å²) in [5.74, 6) is -0.892. The van der Waals surface area contributed by atoms with E-state index in [1.165, 1.54) is 9.80 Å². The number of hydrogen-bond donors (Lipinski definition) is 0. The average Bonchev–Trinajstić information content (AvgIpc) is 3.14. The van der Waals surface area contributed by atoms with Gasteiger partial charge in [0, 0.05) is 28.7 Å². The third-order valence-electron chi connectivity index (χ3n) is 6.16. The van der Waals surface area contributed by atoms with Crippen LogP contribution in [0, 0.1) is 6.92 Å². The molecular weight excluding hydrogens is 454 g/mol. The van der Waals surface area contributed by atoms with Gasteiger partial charge in [-0.1, -0.05) is 60.7 Å². The lowest BCUT2D eigenvalue weighted by atomic mass is 10.0. The summed E-state index contributed by atoms with van der Waals surface area (Å²) in [4.78, 5) is 30.5. The highest BCUT2D eigenvalue weighted by Gasteiger charge is 2.41. The minimum atomic E-state index is -0.446. The molecule has 6 heteroatoms. The van der Waals surface area contributed by atoms with Crippen molar-refractivity contribution in [1.82, 2.24) is 4.57 Å². The first kappa shape index (κ1) is 22.5. The number of allylic oxidation sites excluding steroid dienone is 1. The van der Waals surface area contributed by atoms with Crippen molar-refractivity contribution in [3.63, 3.8) is 0 Å². The predicted molar refractivity (Wildman–Crippen MR) is 145 cm³/mol. The van der Waals surface area contributed by atoms with Crippen molar-refractivity contribution in [1.29, 1.82) is 0 Å². The monoisotopic (exact) mass is 477 g/mol. The average molecular weight is 478 g/mol. The number of nitrogens with zero attached hydrogens (tertiary/aromatic N) is 3. The summed E-state index contributed by atoms with van der Waals surface area (Å²) in [6.07, 6.45) is 3.54. The van der Waals surface area contributed by atoms with Gasteiger partial charge in [-0.3, -0.25) is 19.4 Å². The van der Waals surface area contributed by atoms with Gasteiger partial charge in [-0.2, -0.15) is 0 Å². The molecule has 1 aliphatic rings. The molecule has 0 unspecified atom stereocenters. The maximum absolute atomic E-state index is 13.8. The van der Waals surface area contributed by atoms with Gasteiger partial charge in [-0.25, -0.2) is 0 Å². The van der Waals surface area contributed by atoms with Crippen LogP contribution in [0.25, 0.3) is 17.0 Å². The number of carbonyl (C=O) groups is 2. The number of para-hydroxylation sites is 3. The molecule has 1 saturated heterocycles. The van der Waals surface area contributed by atoms with E-state index in [9.17, 15) is 9.59 Å². The first-order chi connectivity index (χ1) is 17.0. The van der Waals surface area contributed by atoms with Gasteiger partial charge in [-0.05, 0) is 55.5 Å². The Bertz CT molecular complexity index is 1440. The van der Waals surface area contributed by atoms with Crippen molar-refractivity contribution in [3.05, 3.63) is 114 Å². The Morgan fingerprint density at radius 3 is 1.86 bits per heavy atom. The maximum Gasteiger partial charge on any atom is 0.270 e. The van der Waals surface area contributed by atoms with Crippen LogP contribution in [0.15, 0.2) is 103 Å². The van der Waals surface area contributed by atoms with E-state index in [-0.39, 0.29) is 10.7 Å². The van der Waals surface area contributed by atoms with Gasteiger partial charge in [0.2, 0.25) is 0 Å². The Morgan fingerprint density at radius 1 is 0.800 bits per heavy atom. The zero-order valence-electron chi connectivity index (χ0n) is 19.2. The summed E-state index contributed by atoms with van der Waals surface area (Å²) in [6.45, 7) is 6.48. The zero-order chi connectivity index (χ0) is 24.5. The van der Waals surface area contributed by atoms with Gasteiger partial charge >= 0.3 is 0 Å². The fourth-order valence-electron chi connectivity index (χ4n) is 4.49. The van der Waals surface area contributed by atoms with Crippen molar-refractivity contribution >= 4 is 57.5 Å². The predicted octanol–water partition coefficient (Wildman–Crippen LogP) is 5.88. The van der Waals surface area contributed by atoms with Crippen LogP contribution in [0.3, 0.4) is 0 Å². The lowest BCUT2D eigenvalue weighted by molar-refractivity contribution is -0.120. The lowest BCUT2D eigenvalue weighted by Gasteiger charge is -2.36. The molecule has 172 valence electrons. The number of aromatic nitrogens is 1. The molecule has 2 amide bonds. The molecular formula is C29H23N3O2S. The quantitative estimate of drug-likeness (QED) is 0.156. The summed E-state index contributed by atoms with van der Waals surface area (Å²) < 4.78 is 2.13. The number of thiocarbonyl (C=S) groups is 1. The molecule has 5 rings (SSSR count). The highest BCUT2D eigenvalue weighted by atomic mass is 32.1. The van der Waals surface area contributed by atoms with Crippen LogP contribution in [0.1, 0.15) is 11.3 Å². The Hall–Kier alpha value is -4.29. The molecule has 1 aliphatic heterocycles. The summed E-state index contributed by atoms with van der Waals surface area (Å²) >= 11 is 5.69. The molecule has 3 aromatic carbocycles. The highest BCUT2D eigenvalue weighted by molar-refractivity contribution is 7.81. The number of amides is 2. The third-order valence-corrected chi connectivity index (χ3v) is 6.52. The molecule has 4 aromatic rings. The van der Waals surface area contributed by atoms with Crippen molar-refractivity contribution in [3.8, 4) is 0 Å². The largest absolute Gasteiger partial charge is 0.340 e. The van der Waals surface area contributed by atoms with Crippen molar-refractivity contribution in [2.75, 3.05) is 9.80 Å². The van der Waals surface area contributed by atoms with Crippen molar-refractivity contribution in [2.45, 2.75) is 13.5 Å². The minimum absolute atomic E-state index is 0.0518. The van der Waals surface area contributed by atoms with E-state index in [1.54, 1.807) is 6.08 Å². The van der Waals surface area contributed by atoms with Gasteiger partial charge in [0.25, 0.3) is 11.8 Å². The normalized spacial score (nSPS) is 14.1. The number of rotatable bonds is 5. The Labute approximate surface area is 209 Å². The molecule has 35 heavy (non-hydrogen) atoms. The van der Waals surface area contributed by atoms with Gasteiger partial charge in [0.1, 0.15) is 5.57 Å². The summed E-state index contributed by atoms with van der Waals surface area (Å²) in [7, 11) is 0. The zero-order valence-corrected chi connectivity index (χ0v) is 20.0. The van der Waals surface area contributed by atoms with Gasteiger partial charge in [0.15, 0.2) is 5.11 Å². The maximum atomic E-state index is 13.8. The Morgan fingerprint density at radius 2 is 1.31 bits per heavy atom. The fraction of sp³-hybridized carbons (Fsp3) is 0.0690. The van der Waals surface area contributed by atoms with Gasteiger partial charge in [0.05, 0.1) is 11.4 Å². The molecule has 0 radical (unpaired) electrons. The molecule has 0 bridgehead atoms. The Kier molecular flexibility index (Phi) is 5.89. The fourth-order valence-corrected chi connectivity index (χ4v) is 4.86. The molecule has 0 aliphatic carbocycles. The van der Waals surface area contributed by atoms with E-state index in [0.29, 0.717) is 17.9 Å². The van der Waals surface area contributed by atoms with Gasteiger partial charge in [-0.15, -0.1) is 6.58 Å². The minimum Gasteiger partial charge on any atom is -0.340 e. The highest BCUT2D eigenvalue weighted by Crippen LogP contribution is 2.33. The molecule has 2 heterocycles. The second-order valence-electron chi connectivity index (χ2n) is 8.21. The SMILES string of the molecule is C=CCn1c(C)c(C=C2C(=O)N(c3ccccc3)C(=S)N(c3ccccc3)C2=O)c2ccccc21. The topological polar surface area (TPSA) is 45.6 Å². The van der Waals surface area contributed by atoms with Crippen LogP contribution < -0.4 is 9.80 Å². The van der Waals surface area contributed by atoms with E-state index in [0.717, 1.165) is 22.2 Å². The van der Waals surface area contributed by atoms with E-state index < -0.39 is 11.8 Å². The lowest BCUT2D eigenvalue weighted by Crippen LogP contribution is -2.56. The molecule has 5 nitrogen and oxygen atoms in total. The first-order valence-corrected chi connectivity index (χ1v) is 11.7. The molecule has 1 fully saturated rings. The summed E-state index contributed by atoms with van der Waals surface area (Å²) in [6, 6.07) is 26.3. The number of anilines is 2. The standard InChI is InChI=1S/C29H23N3O2S/c1-3-18-30-20(2)24(23-16-10-11-17-26(23)30)19-25-27(33)31(21-12-6-4-7-13-21)29(35)32(28(25)34)22-14-8-5-9-15-22/h3-17,19H,1,18H2,2H3. The number of fused-ring (bicyclic) bond motifs is 1. The Balaban J connectivity index is 1.73. The molecule has 0 atom stereocenters. The van der Waals surface area contributed by atoms with Crippen LogP contribution >= 0.6 is 12.2 Å². The van der Waals surface area contributed by atoms with Crippen LogP contribution in [-0.4, -0.2) is 21.5 Å². The van der Waals surface area contributed by atoms with E-state index >= 15 is 0 Å². The van der Waals surface area contributed by atoms with Gasteiger partial charge < -0.3 is 4.57 Å². The summed E-state index contributed by atoms with van der Waals surface area (Å²) in [5, 5.41) is 1.09. The van der Waals surface area contributed by atoms with Crippen LogP contribution in [-0.2, 0) is 16.1 Å². The van der Waals surface area contributed by atoms with Crippen LogP contribution in [0.2, 0.25) is 0 Å². The van der Waals surface area contributed by atoms with Crippen molar-refractivity contribution in [2.24, 2.45) is 0 Å². The molecule has 0 spiro atoms. The van der Waals surface area contributed by atoms with E-state index in [4.69, 9.17) is 12.2 Å². The third kappa shape index (κ3) is 3.78. The molecule has 0 saturated carbocycles.